The van der Waals surface area contributed by atoms with Gasteiger partial charge in [-0.15, -0.1) is 5.10 Å². The number of amides is 1. The van der Waals surface area contributed by atoms with E-state index in [9.17, 15) is 4.79 Å². The van der Waals surface area contributed by atoms with E-state index in [1.54, 1.807) is 44.3 Å². The number of fused-ring (bicyclic) bond motifs is 1. The van der Waals surface area contributed by atoms with E-state index in [-0.39, 0.29) is 12.5 Å². The van der Waals surface area contributed by atoms with Crippen molar-refractivity contribution in [3.05, 3.63) is 47.8 Å². The molecule has 0 bridgehead atoms. The minimum atomic E-state index is 0.0413. The molecule has 1 aromatic heterocycles. The van der Waals surface area contributed by atoms with E-state index in [0.29, 0.717) is 47.2 Å². The van der Waals surface area contributed by atoms with Crippen molar-refractivity contribution >= 4 is 11.6 Å². The number of aryl methyl sites for hydroxylation is 1. The van der Waals surface area contributed by atoms with Gasteiger partial charge in [-0.3, -0.25) is 4.79 Å². The first-order valence-electron chi connectivity index (χ1n) is 9.38. The van der Waals surface area contributed by atoms with Gasteiger partial charge in [0.2, 0.25) is 11.7 Å². The lowest BCUT2D eigenvalue weighted by molar-refractivity contribution is -0.116. The molecule has 0 atom stereocenters. The SMILES string of the molecule is COc1cc(-n2cc(COc3ccc4c(c3)CCC(=O)N4)nn2)cc(OC)c1OC. The first-order chi connectivity index (χ1) is 14.6. The van der Waals surface area contributed by atoms with E-state index >= 15 is 0 Å². The summed E-state index contributed by atoms with van der Waals surface area (Å²) < 4.78 is 23.6. The quantitative estimate of drug-likeness (QED) is 0.640. The molecule has 0 radical (unpaired) electrons. The molecule has 9 nitrogen and oxygen atoms in total. The molecule has 0 aliphatic carbocycles. The van der Waals surface area contributed by atoms with Crippen LogP contribution >= 0.6 is 0 Å². The second-order valence-corrected chi connectivity index (χ2v) is 6.69. The zero-order valence-electron chi connectivity index (χ0n) is 17.0. The van der Waals surface area contributed by atoms with E-state index in [2.05, 4.69) is 15.6 Å². The molecular weight excluding hydrogens is 388 g/mol. The van der Waals surface area contributed by atoms with E-state index in [0.717, 1.165) is 11.3 Å². The highest BCUT2D eigenvalue weighted by Gasteiger charge is 2.17. The normalized spacial score (nSPS) is 12.7. The van der Waals surface area contributed by atoms with Crippen molar-refractivity contribution in [2.24, 2.45) is 0 Å². The molecule has 1 aliphatic rings. The van der Waals surface area contributed by atoms with Crippen LogP contribution in [-0.2, 0) is 17.8 Å². The predicted molar refractivity (Wildman–Crippen MR) is 109 cm³/mol. The van der Waals surface area contributed by atoms with Crippen molar-refractivity contribution in [3.63, 3.8) is 0 Å². The van der Waals surface area contributed by atoms with Crippen LogP contribution < -0.4 is 24.3 Å². The number of aromatic nitrogens is 3. The van der Waals surface area contributed by atoms with Gasteiger partial charge in [0.1, 0.15) is 18.1 Å². The molecule has 1 amide bonds. The fourth-order valence-corrected chi connectivity index (χ4v) is 3.30. The van der Waals surface area contributed by atoms with Gasteiger partial charge in [-0.05, 0) is 30.2 Å². The molecule has 156 valence electrons. The number of benzene rings is 2. The molecule has 2 aromatic carbocycles. The van der Waals surface area contributed by atoms with Gasteiger partial charge in [0.25, 0.3) is 0 Å². The first kappa shape index (κ1) is 19.6. The largest absolute Gasteiger partial charge is 0.493 e. The molecule has 4 rings (SSSR count). The number of hydrogen-bond acceptors (Lipinski definition) is 7. The lowest BCUT2D eigenvalue weighted by atomic mass is 10.0. The highest BCUT2D eigenvalue weighted by molar-refractivity contribution is 5.94. The molecule has 9 heteroatoms. The van der Waals surface area contributed by atoms with Crippen molar-refractivity contribution in [1.82, 2.24) is 15.0 Å². The molecule has 1 N–H and O–H groups in total. The van der Waals surface area contributed by atoms with E-state index in [4.69, 9.17) is 18.9 Å². The Morgan fingerprint density at radius 2 is 1.80 bits per heavy atom. The van der Waals surface area contributed by atoms with E-state index < -0.39 is 0 Å². The highest BCUT2D eigenvalue weighted by atomic mass is 16.5. The Hall–Kier alpha value is -3.75. The number of nitrogens with zero attached hydrogens (tertiary/aromatic N) is 3. The monoisotopic (exact) mass is 410 g/mol. The molecule has 0 saturated heterocycles. The van der Waals surface area contributed by atoms with Gasteiger partial charge in [0.05, 0.1) is 33.2 Å². The van der Waals surface area contributed by atoms with Crippen LogP contribution in [0.3, 0.4) is 0 Å². The summed E-state index contributed by atoms with van der Waals surface area (Å²) in [6.45, 7) is 0.259. The van der Waals surface area contributed by atoms with Crippen LogP contribution in [0.1, 0.15) is 17.7 Å². The zero-order chi connectivity index (χ0) is 21.1. The zero-order valence-corrected chi connectivity index (χ0v) is 17.0. The predicted octanol–water partition coefficient (Wildman–Crippen LogP) is 2.76. The second kappa shape index (κ2) is 8.32. The summed E-state index contributed by atoms with van der Waals surface area (Å²) in [6, 6.07) is 9.21. The van der Waals surface area contributed by atoms with Crippen LogP contribution in [0, 0.1) is 0 Å². The number of hydrogen-bond donors (Lipinski definition) is 1. The summed E-state index contributed by atoms with van der Waals surface area (Å²) >= 11 is 0. The number of carbonyl (C=O) groups is 1. The summed E-state index contributed by atoms with van der Waals surface area (Å²) in [5.74, 6) is 2.32. The third-order valence-electron chi connectivity index (χ3n) is 4.81. The van der Waals surface area contributed by atoms with Gasteiger partial charge in [-0.2, -0.15) is 0 Å². The summed E-state index contributed by atoms with van der Waals surface area (Å²) in [6.07, 6.45) is 2.97. The van der Waals surface area contributed by atoms with Crippen LogP contribution in [0.2, 0.25) is 0 Å². The smallest absolute Gasteiger partial charge is 0.224 e. The fourth-order valence-electron chi connectivity index (χ4n) is 3.30. The summed E-state index contributed by atoms with van der Waals surface area (Å²) in [5, 5.41) is 11.2. The van der Waals surface area contributed by atoms with Crippen molar-refractivity contribution in [2.75, 3.05) is 26.6 Å². The van der Waals surface area contributed by atoms with Gasteiger partial charge in [0, 0.05) is 24.2 Å². The van der Waals surface area contributed by atoms with Crippen LogP contribution in [0.25, 0.3) is 5.69 Å². The maximum atomic E-state index is 11.5. The number of anilines is 1. The Morgan fingerprint density at radius 3 is 2.50 bits per heavy atom. The molecule has 0 fully saturated rings. The molecule has 3 aromatic rings. The molecular formula is C21H22N4O5. The molecule has 30 heavy (non-hydrogen) atoms. The van der Waals surface area contributed by atoms with Gasteiger partial charge in [-0.1, -0.05) is 5.21 Å². The first-order valence-corrected chi connectivity index (χ1v) is 9.38. The number of ether oxygens (including phenoxy) is 4. The maximum absolute atomic E-state index is 11.5. The van der Waals surface area contributed by atoms with Gasteiger partial charge < -0.3 is 24.3 Å². The average Bonchev–Trinajstić information content (AvgIpc) is 3.25. The van der Waals surface area contributed by atoms with Crippen molar-refractivity contribution in [3.8, 4) is 28.7 Å². The van der Waals surface area contributed by atoms with E-state index in [1.165, 1.54) is 0 Å². The minimum Gasteiger partial charge on any atom is -0.493 e. The maximum Gasteiger partial charge on any atom is 0.224 e. The third kappa shape index (κ3) is 3.86. The number of rotatable bonds is 7. The Balaban J connectivity index is 1.49. The second-order valence-electron chi connectivity index (χ2n) is 6.69. The van der Waals surface area contributed by atoms with Gasteiger partial charge in [-0.25, -0.2) is 4.68 Å². The lowest BCUT2D eigenvalue weighted by Crippen LogP contribution is -2.18. The molecule has 0 unspecified atom stereocenters. The van der Waals surface area contributed by atoms with Crippen molar-refractivity contribution < 1.29 is 23.7 Å². The Labute approximate surface area is 173 Å². The van der Waals surface area contributed by atoms with Crippen molar-refractivity contribution in [1.29, 1.82) is 0 Å². The average molecular weight is 410 g/mol. The Morgan fingerprint density at radius 1 is 1.03 bits per heavy atom. The summed E-state index contributed by atoms with van der Waals surface area (Å²) in [5.41, 5.74) is 3.28. The third-order valence-corrected chi connectivity index (χ3v) is 4.81. The van der Waals surface area contributed by atoms with Crippen LogP contribution in [0.4, 0.5) is 5.69 Å². The minimum absolute atomic E-state index is 0.0413. The number of methoxy groups -OCH3 is 3. The molecule has 1 aliphatic heterocycles. The van der Waals surface area contributed by atoms with Crippen LogP contribution in [0.15, 0.2) is 36.5 Å². The Bertz CT molecular complexity index is 1050. The topological polar surface area (TPSA) is 96.7 Å². The van der Waals surface area contributed by atoms with Crippen LogP contribution in [-0.4, -0.2) is 42.2 Å². The summed E-state index contributed by atoms with van der Waals surface area (Å²) in [4.78, 5) is 11.5. The van der Waals surface area contributed by atoms with Gasteiger partial charge in [0.15, 0.2) is 11.5 Å². The molecule has 0 saturated carbocycles. The summed E-state index contributed by atoms with van der Waals surface area (Å²) in [7, 11) is 4.68. The molecule has 0 spiro atoms. The number of nitrogens with one attached hydrogen (secondary N) is 1. The highest BCUT2D eigenvalue weighted by Crippen LogP contribution is 2.39. The molecule has 2 heterocycles. The standard InChI is InChI=1S/C21H22N4O5/c1-27-18-9-15(10-19(28-2)21(18)29-3)25-11-14(23-24-25)12-30-16-5-6-17-13(8-16)4-7-20(26)22-17/h5-6,8-11H,4,7,12H2,1-3H3,(H,22,26). The lowest BCUT2D eigenvalue weighted by Gasteiger charge is -2.17. The van der Waals surface area contributed by atoms with Gasteiger partial charge >= 0.3 is 0 Å². The van der Waals surface area contributed by atoms with E-state index in [1.807, 2.05) is 18.2 Å². The fraction of sp³-hybridized carbons (Fsp3) is 0.286. The Kier molecular flexibility index (Phi) is 5.42. The van der Waals surface area contributed by atoms with Crippen LogP contribution in [0.5, 0.6) is 23.0 Å². The van der Waals surface area contributed by atoms with Crippen molar-refractivity contribution in [2.45, 2.75) is 19.4 Å². The number of carbonyl (C=O) groups excluding carboxylic acids is 1.